The van der Waals surface area contributed by atoms with Gasteiger partial charge in [-0.1, -0.05) is 23.8 Å². The molecule has 0 bridgehead atoms. The zero-order valence-corrected chi connectivity index (χ0v) is 19.1. The maximum Gasteiger partial charge on any atom is 0.340 e. The number of rotatable bonds is 10. The monoisotopic (exact) mass is 449 g/mol. The molecule has 0 fully saturated rings. The summed E-state index contributed by atoms with van der Waals surface area (Å²) >= 11 is 0. The van der Waals surface area contributed by atoms with E-state index in [1.54, 1.807) is 7.11 Å². The van der Waals surface area contributed by atoms with Gasteiger partial charge < -0.3 is 19.3 Å². The molecule has 0 aliphatic carbocycles. The number of carbonyl (C=O) groups excluding carboxylic acids is 1. The van der Waals surface area contributed by atoms with Crippen LogP contribution in [0.1, 0.15) is 63.5 Å². The van der Waals surface area contributed by atoms with Crippen molar-refractivity contribution in [2.24, 2.45) is 0 Å². The molecule has 172 valence electrons. The summed E-state index contributed by atoms with van der Waals surface area (Å²) < 4.78 is 16.4. The lowest BCUT2D eigenvalue weighted by atomic mass is 9.87. The zero-order chi connectivity index (χ0) is 24.0. The number of ether oxygens (including phenoxy) is 3. The molecule has 33 heavy (non-hydrogen) atoms. The minimum absolute atomic E-state index is 0.0425. The summed E-state index contributed by atoms with van der Waals surface area (Å²) in [5.74, 6) is -0.573. The number of cyclic esters (lactones) is 1. The van der Waals surface area contributed by atoms with Crippen LogP contribution >= 0.6 is 0 Å². The van der Waals surface area contributed by atoms with Gasteiger partial charge in [0.25, 0.3) is 0 Å². The van der Waals surface area contributed by atoms with Crippen molar-refractivity contribution in [1.29, 1.82) is 5.26 Å². The number of benzene rings is 2. The molecule has 1 heterocycles. The number of fused-ring (bicyclic) bond motifs is 1. The van der Waals surface area contributed by atoms with Gasteiger partial charge in [-0.3, -0.25) is 4.79 Å². The van der Waals surface area contributed by atoms with Crippen LogP contribution in [-0.2, 0) is 40.5 Å². The summed E-state index contributed by atoms with van der Waals surface area (Å²) in [7, 11) is 1.61. The molecule has 0 spiro atoms. The van der Waals surface area contributed by atoms with Crippen molar-refractivity contribution in [3.8, 4) is 11.8 Å². The molecule has 0 unspecified atom stereocenters. The SMILES string of the molecule is COc1ccc(COCc2c(C)c3c(c(C#N)c2CC=C(C)CCC(=O)O)C(=O)OC3)cc1. The second-order valence-electron chi connectivity index (χ2n) is 7.99. The Kier molecular flexibility index (Phi) is 7.86. The normalized spacial score (nSPS) is 12.8. The van der Waals surface area contributed by atoms with E-state index in [2.05, 4.69) is 6.07 Å². The molecule has 0 aromatic heterocycles. The fourth-order valence-electron chi connectivity index (χ4n) is 3.88. The highest BCUT2D eigenvalue weighted by Gasteiger charge is 2.31. The van der Waals surface area contributed by atoms with Gasteiger partial charge in [-0.25, -0.2) is 4.79 Å². The minimum atomic E-state index is -0.857. The van der Waals surface area contributed by atoms with Crippen LogP contribution in [0.3, 0.4) is 0 Å². The van der Waals surface area contributed by atoms with Crippen LogP contribution in [0, 0.1) is 18.3 Å². The van der Waals surface area contributed by atoms with E-state index in [0.717, 1.165) is 39.1 Å². The number of nitriles is 1. The highest BCUT2D eigenvalue weighted by Crippen LogP contribution is 2.34. The van der Waals surface area contributed by atoms with Gasteiger partial charge in [0.2, 0.25) is 0 Å². The molecular formula is C26H27NO6. The van der Waals surface area contributed by atoms with Crippen LogP contribution < -0.4 is 4.74 Å². The lowest BCUT2D eigenvalue weighted by Gasteiger charge is -2.17. The van der Waals surface area contributed by atoms with Crippen molar-refractivity contribution in [1.82, 2.24) is 0 Å². The van der Waals surface area contributed by atoms with E-state index in [1.165, 1.54) is 0 Å². The van der Waals surface area contributed by atoms with Crippen molar-refractivity contribution in [3.63, 3.8) is 0 Å². The summed E-state index contributed by atoms with van der Waals surface area (Å²) in [6.45, 7) is 4.58. The molecule has 0 saturated heterocycles. The van der Waals surface area contributed by atoms with Crippen LogP contribution in [0.25, 0.3) is 0 Å². The van der Waals surface area contributed by atoms with Gasteiger partial charge in [0.1, 0.15) is 18.4 Å². The molecule has 1 N–H and O–H groups in total. The van der Waals surface area contributed by atoms with Crippen LogP contribution in [0.5, 0.6) is 5.75 Å². The quantitative estimate of drug-likeness (QED) is 0.417. The maximum absolute atomic E-state index is 12.3. The van der Waals surface area contributed by atoms with Crippen molar-refractivity contribution < 1.29 is 28.9 Å². The molecule has 0 radical (unpaired) electrons. The van der Waals surface area contributed by atoms with E-state index in [-0.39, 0.29) is 19.6 Å². The van der Waals surface area contributed by atoms with Crippen LogP contribution in [0.2, 0.25) is 0 Å². The fraction of sp³-hybridized carbons (Fsp3) is 0.346. The number of nitrogens with zero attached hydrogens (tertiary/aromatic N) is 1. The standard InChI is InChI=1S/C26H27NO6/c1-16(5-11-24(28)29)4-10-20-21(12-27)25-23(15-33-26(25)30)17(2)22(20)14-32-13-18-6-8-19(31-3)9-7-18/h4,6-9H,5,10-11,13-15H2,1-3H3,(H,28,29). The molecule has 1 aliphatic rings. The zero-order valence-electron chi connectivity index (χ0n) is 19.1. The molecule has 2 aromatic rings. The highest BCUT2D eigenvalue weighted by atomic mass is 16.5. The van der Waals surface area contributed by atoms with Gasteiger partial charge in [0.05, 0.1) is 31.5 Å². The molecule has 7 nitrogen and oxygen atoms in total. The second kappa shape index (κ2) is 10.8. The Balaban J connectivity index is 1.90. The first-order valence-corrected chi connectivity index (χ1v) is 10.7. The van der Waals surface area contributed by atoms with Gasteiger partial charge in [0.15, 0.2) is 0 Å². The Morgan fingerprint density at radius 1 is 1.21 bits per heavy atom. The van der Waals surface area contributed by atoms with E-state index in [1.807, 2.05) is 44.2 Å². The van der Waals surface area contributed by atoms with Gasteiger partial charge in [0, 0.05) is 12.0 Å². The lowest BCUT2D eigenvalue weighted by Crippen LogP contribution is -2.10. The van der Waals surface area contributed by atoms with Crippen molar-refractivity contribution in [2.45, 2.75) is 52.9 Å². The minimum Gasteiger partial charge on any atom is -0.497 e. The third-order valence-electron chi connectivity index (χ3n) is 5.85. The Morgan fingerprint density at radius 3 is 2.58 bits per heavy atom. The maximum atomic E-state index is 12.3. The van der Waals surface area contributed by atoms with Gasteiger partial charge in [-0.2, -0.15) is 5.26 Å². The predicted molar refractivity (Wildman–Crippen MR) is 121 cm³/mol. The number of esters is 1. The number of carboxylic acids is 1. The third kappa shape index (κ3) is 5.60. The Morgan fingerprint density at radius 2 is 1.94 bits per heavy atom. The average molecular weight is 450 g/mol. The molecule has 3 rings (SSSR count). The summed E-state index contributed by atoms with van der Waals surface area (Å²) in [4.78, 5) is 23.2. The van der Waals surface area contributed by atoms with Gasteiger partial charge in [-0.15, -0.1) is 0 Å². The van der Waals surface area contributed by atoms with Crippen molar-refractivity contribution in [3.05, 3.63) is 74.9 Å². The fourth-order valence-corrected chi connectivity index (χ4v) is 3.88. The van der Waals surface area contributed by atoms with Crippen molar-refractivity contribution in [2.75, 3.05) is 7.11 Å². The predicted octanol–water partition coefficient (Wildman–Crippen LogP) is 4.62. The largest absolute Gasteiger partial charge is 0.497 e. The number of allylic oxidation sites excluding steroid dienone is 2. The molecule has 1 aliphatic heterocycles. The first-order chi connectivity index (χ1) is 15.8. The number of hydrogen-bond acceptors (Lipinski definition) is 6. The average Bonchev–Trinajstić information content (AvgIpc) is 3.20. The molecular weight excluding hydrogens is 422 g/mol. The summed E-state index contributed by atoms with van der Waals surface area (Å²) in [6, 6.07) is 9.78. The Hall–Kier alpha value is -3.63. The molecule has 0 amide bonds. The van der Waals surface area contributed by atoms with Crippen LogP contribution in [-0.4, -0.2) is 24.2 Å². The summed E-state index contributed by atoms with van der Waals surface area (Å²) in [5.41, 5.74) is 5.73. The van der Waals surface area contributed by atoms with Crippen molar-refractivity contribution >= 4 is 11.9 Å². The molecule has 0 atom stereocenters. The number of methoxy groups -OCH3 is 1. The number of aliphatic carboxylic acids is 1. The Bertz CT molecular complexity index is 1130. The molecule has 0 saturated carbocycles. The topological polar surface area (TPSA) is 106 Å². The second-order valence-corrected chi connectivity index (χ2v) is 7.99. The van der Waals surface area contributed by atoms with Gasteiger partial charge >= 0.3 is 11.9 Å². The van der Waals surface area contributed by atoms with E-state index < -0.39 is 11.9 Å². The molecule has 2 aromatic carbocycles. The van der Waals surface area contributed by atoms with Crippen LogP contribution in [0.4, 0.5) is 0 Å². The van der Waals surface area contributed by atoms with E-state index in [0.29, 0.717) is 30.6 Å². The van der Waals surface area contributed by atoms with E-state index >= 15 is 0 Å². The summed E-state index contributed by atoms with van der Waals surface area (Å²) in [6.07, 6.45) is 2.78. The van der Waals surface area contributed by atoms with Crippen LogP contribution in [0.15, 0.2) is 35.9 Å². The molecule has 7 heteroatoms. The number of carboxylic acid groups (broad SMARTS) is 1. The lowest BCUT2D eigenvalue weighted by molar-refractivity contribution is -0.136. The Labute approximate surface area is 193 Å². The highest BCUT2D eigenvalue weighted by molar-refractivity contribution is 5.97. The first kappa shape index (κ1) is 24.0. The third-order valence-corrected chi connectivity index (χ3v) is 5.85. The number of carbonyl (C=O) groups is 2. The van der Waals surface area contributed by atoms with E-state index in [9.17, 15) is 14.9 Å². The smallest absolute Gasteiger partial charge is 0.340 e. The summed E-state index contributed by atoms with van der Waals surface area (Å²) in [5, 5.41) is 18.8. The van der Waals surface area contributed by atoms with Gasteiger partial charge in [-0.05, 0) is 61.1 Å². The van der Waals surface area contributed by atoms with E-state index in [4.69, 9.17) is 19.3 Å². The first-order valence-electron chi connectivity index (χ1n) is 10.7. The number of hydrogen-bond donors (Lipinski definition) is 1.